The Kier molecular flexibility index (Phi) is 5.07. The Morgan fingerprint density at radius 1 is 0.429 bits per heavy atom. The van der Waals surface area contributed by atoms with E-state index in [1.807, 2.05) is 0 Å². The molecule has 0 amide bonds. The summed E-state index contributed by atoms with van der Waals surface area (Å²) in [6, 6.07) is 38.0. The highest BCUT2D eigenvalue weighted by atomic mass is 15.1. The minimum absolute atomic E-state index is 1.21. The van der Waals surface area contributed by atoms with E-state index in [1.165, 1.54) is 71.6 Å². The number of aryl methyl sites for hydroxylation is 4. The van der Waals surface area contributed by atoms with Gasteiger partial charge in [0.15, 0.2) is 0 Å². The van der Waals surface area contributed by atoms with Crippen molar-refractivity contribution in [3.8, 4) is 0 Å². The molecule has 0 fully saturated rings. The fourth-order valence-corrected chi connectivity index (χ4v) is 5.55. The molecule has 6 aromatic rings. The van der Waals surface area contributed by atoms with Crippen LogP contribution in [0.15, 0.2) is 103 Å². The second-order valence-electron chi connectivity index (χ2n) is 9.74. The molecule has 6 rings (SSSR count). The molecule has 0 unspecified atom stereocenters. The second-order valence-corrected chi connectivity index (χ2v) is 9.74. The first-order chi connectivity index (χ1) is 17.0. The molecule has 0 atom stereocenters. The lowest BCUT2D eigenvalue weighted by molar-refractivity contribution is 1.22. The molecule has 0 spiro atoms. The molecule has 0 heterocycles. The smallest absolute Gasteiger partial charge is 0.0546 e. The minimum atomic E-state index is 1.21. The number of hydrogen-bond donors (Lipinski definition) is 0. The van der Waals surface area contributed by atoms with Gasteiger partial charge in [0.25, 0.3) is 0 Å². The molecule has 0 saturated heterocycles. The van der Waals surface area contributed by atoms with Gasteiger partial charge in [-0.25, -0.2) is 0 Å². The summed E-state index contributed by atoms with van der Waals surface area (Å²) >= 11 is 0. The molecule has 0 aliphatic carbocycles. The lowest BCUT2D eigenvalue weighted by Crippen LogP contribution is -2.13. The molecule has 0 aliphatic heterocycles. The van der Waals surface area contributed by atoms with E-state index in [1.54, 1.807) is 0 Å². The quantitative estimate of drug-likeness (QED) is 0.242. The maximum atomic E-state index is 2.46. The van der Waals surface area contributed by atoms with Gasteiger partial charge in [-0.05, 0) is 84.0 Å². The maximum absolute atomic E-state index is 2.46. The normalized spacial score (nSPS) is 11.4. The van der Waals surface area contributed by atoms with Gasteiger partial charge in [0.2, 0.25) is 0 Å². The van der Waals surface area contributed by atoms with E-state index in [9.17, 15) is 0 Å². The largest absolute Gasteiger partial charge is 0.309 e. The number of benzene rings is 6. The lowest BCUT2D eigenvalue weighted by atomic mass is 9.94. The predicted molar refractivity (Wildman–Crippen MR) is 153 cm³/mol. The number of fused-ring (bicyclic) bond motifs is 5. The zero-order valence-corrected chi connectivity index (χ0v) is 20.8. The summed E-state index contributed by atoms with van der Waals surface area (Å²) in [5.74, 6) is 0. The molecule has 0 aromatic heterocycles. The topological polar surface area (TPSA) is 3.24 Å². The fourth-order valence-electron chi connectivity index (χ4n) is 5.55. The summed E-state index contributed by atoms with van der Waals surface area (Å²) in [5, 5.41) is 7.71. The molecule has 0 radical (unpaired) electrons. The van der Waals surface area contributed by atoms with E-state index < -0.39 is 0 Å². The average Bonchev–Trinajstić information content (AvgIpc) is 2.86. The Morgan fingerprint density at radius 3 is 1.60 bits per heavy atom. The van der Waals surface area contributed by atoms with Crippen molar-refractivity contribution < 1.29 is 0 Å². The second kappa shape index (κ2) is 8.29. The Hall–Kier alpha value is -4.10. The molecule has 0 N–H and O–H groups in total. The van der Waals surface area contributed by atoms with Crippen molar-refractivity contribution in [2.75, 3.05) is 4.90 Å². The molecule has 0 bridgehead atoms. The standard InChI is InChI=1S/C34H29N/c1-22-13-17-31(24(3)19-22)35(32-18-14-23(2)20-25(32)4)33-21-27-16-15-26-9-5-6-10-28(26)34(27)30-12-8-7-11-29(30)33/h5-21H,1-4H3. The van der Waals surface area contributed by atoms with Crippen LogP contribution >= 0.6 is 0 Å². The van der Waals surface area contributed by atoms with Crippen molar-refractivity contribution in [1.29, 1.82) is 0 Å². The van der Waals surface area contributed by atoms with Crippen molar-refractivity contribution in [2.24, 2.45) is 0 Å². The van der Waals surface area contributed by atoms with Gasteiger partial charge in [0, 0.05) is 16.8 Å². The monoisotopic (exact) mass is 451 g/mol. The Bertz CT molecular complexity index is 1690. The zero-order valence-electron chi connectivity index (χ0n) is 20.8. The molecular formula is C34H29N. The van der Waals surface area contributed by atoms with Crippen LogP contribution in [0.1, 0.15) is 22.3 Å². The van der Waals surface area contributed by atoms with Crippen LogP contribution in [-0.2, 0) is 0 Å². The van der Waals surface area contributed by atoms with Crippen LogP contribution in [0.3, 0.4) is 0 Å². The van der Waals surface area contributed by atoms with Crippen molar-refractivity contribution in [3.63, 3.8) is 0 Å². The van der Waals surface area contributed by atoms with Crippen LogP contribution in [-0.4, -0.2) is 0 Å². The summed E-state index contributed by atoms with van der Waals surface area (Å²) in [6.07, 6.45) is 0. The van der Waals surface area contributed by atoms with Crippen LogP contribution in [0.2, 0.25) is 0 Å². The fraction of sp³-hybridized carbons (Fsp3) is 0.118. The molecule has 0 aliphatic rings. The van der Waals surface area contributed by atoms with Gasteiger partial charge in [0.1, 0.15) is 0 Å². The van der Waals surface area contributed by atoms with E-state index >= 15 is 0 Å². The highest BCUT2D eigenvalue weighted by Crippen LogP contribution is 2.45. The van der Waals surface area contributed by atoms with Gasteiger partial charge in [0.05, 0.1) is 5.69 Å². The van der Waals surface area contributed by atoms with Crippen LogP contribution in [0.5, 0.6) is 0 Å². The van der Waals surface area contributed by atoms with Gasteiger partial charge < -0.3 is 4.90 Å². The van der Waals surface area contributed by atoms with E-state index in [0.717, 1.165) is 0 Å². The highest BCUT2D eigenvalue weighted by Gasteiger charge is 2.20. The Labute approximate surface area is 207 Å². The molecule has 170 valence electrons. The Morgan fingerprint density at radius 2 is 0.971 bits per heavy atom. The third-order valence-electron chi connectivity index (χ3n) is 7.15. The van der Waals surface area contributed by atoms with Gasteiger partial charge in [-0.2, -0.15) is 0 Å². The van der Waals surface area contributed by atoms with Gasteiger partial charge in [-0.1, -0.05) is 96.1 Å². The molecule has 0 saturated carbocycles. The molecule has 6 aromatic carbocycles. The summed E-state index contributed by atoms with van der Waals surface area (Å²) in [5.41, 5.74) is 8.74. The lowest BCUT2D eigenvalue weighted by Gasteiger charge is -2.30. The summed E-state index contributed by atoms with van der Waals surface area (Å²) in [6.45, 7) is 8.76. The number of nitrogens with zero attached hydrogens (tertiary/aromatic N) is 1. The third kappa shape index (κ3) is 3.56. The van der Waals surface area contributed by atoms with E-state index in [-0.39, 0.29) is 0 Å². The van der Waals surface area contributed by atoms with Crippen LogP contribution in [0.4, 0.5) is 17.1 Å². The van der Waals surface area contributed by atoms with Crippen molar-refractivity contribution >= 4 is 49.4 Å². The first kappa shape index (κ1) is 21.4. The van der Waals surface area contributed by atoms with E-state index in [4.69, 9.17) is 0 Å². The maximum Gasteiger partial charge on any atom is 0.0546 e. The first-order valence-corrected chi connectivity index (χ1v) is 12.3. The van der Waals surface area contributed by atoms with Gasteiger partial charge >= 0.3 is 0 Å². The van der Waals surface area contributed by atoms with Crippen molar-refractivity contribution in [3.05, 3.63) is 125 Å². The van der Waals surface area contributed by atoms with Crippen LogP contribution in [0, 0.1) is 27.7 Å². The molecular weight excluding hydrogens is 422 g/mol. The first-order valence-electron chi connectivity index (χ1n) is 12.3. The zero-order chi connectivity index (χ0) is 24.1. The van der Waals surface area contributed by atoms with Crippen LogP contribution in [0.25, 0.3) is 32.3 Å². The SMILES string of the molecule is Cc1ccc(N(c2ccc(C)cc2C)c2cc3ccc4ccccc4c3c3ccccc23)c(C)c1. The number of rotatable bonds is 3. The van der Waals surface area contributed by atoms with Crippen LogP contribution < -0.4 is 4.90 Å². The Balaban J connectivity index is 1.75. The summed E-state index contributed by atoms with van der Waals surface area (Å²) in [7, 11) is 0. The average molecular weight is 452 g/mol. The van der Waals surface area contributed by atoms with Crippen molar-refractivity contribution in [1.82, 2.24) is 0 Å². The molecule has 1 heteroatoms. The third-order valence-corrected chi connectivity index (χ3v) is 7.15. The number of anilines is 3. The van der Waals surface area contributed by atoms with E-state index in [2.05, 4.69) is 136 Å². The van der Waals surface area contributed by atoms with E-state index in [0.29, 0.717) is 0 Å². The number of hydrogen-bond acceptors (Lipinski definition) is 1. The molecule has 1 nitrogen and oxygen atoms in total. The molecule has 35 heavy (non-hydrogen) atoms. The highest BCUT2D eigenvalue weighted by molar-refractivity contribution is 6.23. The summed E-state index contributed by atoms with van der Waals surface area (Å²) < 4.78 is 0. The van der Waals surface area contributed by atoms with Gasteiger partial charge in [-0.3, -0.25) is 0 Å². The van der Waals surface area contributed by atoms with Crippen molar-refractivity contribution in [2.45, 2.75) is 27.7 Å². The predicted octanol–water partition coefficient (Wildman–Crippen LogP) is 9.85. The minimum Gasteiger partial charge on any atom is -0.309 e. The summed E-state index contributed by atoms with van der Waals surface area (Å²) in [4.78, 5) is 2.46. The van der Waals surface area contributed by atoms with Gasteiger partial charge in [-0.15, -0.1) is 0 Å².